The van der Waals surface area contributed by atoms with Crippen molar-refractivity contribution in [3.8, 4) is 0 Å². The fraction of sp³-hybridized carbons (Fsp3) is 0.667. The number of unbranched alkanes of at least 4 members (excludes halogenated alkanes) is 2. The van der Waals surface area contributed by atoms with Crippen LogP contribution in [0.3, 0.4) is 0 Å². The number of hydrogen-bond donors (Lipinski definition) is 1. The number of aromatic nitrogens is 2. The largest absolute Gasteiger partial charge is 0.339 e. The van der Waals surface area contributed by atoms with Crippen molar-refractivity contribution < 1.29 is 8.42 Å². The van der Waals surface area contributed by atoms with Crippen molar-refractivity contribution in [1.29, 1.82) is 0 Å². The summed E-state index contributed by atoms with van der Waals surface area (Å²) < 4.78 is 27.4. The molecule has 1 rings (SSSR count). The van der Waals surface area contributed by atoms with E-state index in [1.54, 1.807) is 11.6 Å². The van der Waals surface area contributed by atoms with Crippen molar-refractivity contribution in [2.24, 2.45) is 7.05 Å². The highest BCUT2D eigenvalue weighted by Crippen LogP contribution is 2.04. The molecule has 0 bridgehead atoms. The van der Waals surface area contributed by atoms with Crippen LogP contribution in [0.15, 0.2) is 17.6 Å². The first kappa shape index (κ1) is 12.2. The van der Waals surface area contributed by atoms with E-state index in [1.807, 2.05) is 0 Å². The summed E-state index contributed by atoms with van der Waals surface area (Å²) in [6, 6.07) is 0. The molecule has 0 unspecified atom stereocenters. The van der Waals surface area contributed by atoms with Crippen LogP contribution in [0, 0.1) is 0 Å². The van der Waals surface area contributed by atoms with Gasteiger partial charge in [0, 0.05) is 19.8 Å². The van der Waals surface area contributed by atoms with Crippen LogP contribution in [-0.2, 0) is 17.1 Å². The highest BCUT2D eigenvalue weighted by molar-refractivity contribution is 7.89. The Balaban J connectivity index is 2.53. The van der Waals surface area contributed by atoms with Crippen molar-refractivity contribution in [1.82, 2.24) is 14.3 Å². The van der Waals surface area contributed by atoms with Gasteiger partial charge in [0.25, 0.3) is 10.0 Å². The van der Waals surface area contributed by atoms with Gasteiger partial charge in [0.1, 0.15) is 0 Å². The lowest BCUT2D eigenvalue weighted by Crippen LogP contribution is -2.25. The average molecular weight is 231 g/mol. The summed E-state index contributed by atoms with van der Waals surface area (Å²) in [5.74, 6) is 0. The molecule has 5 nitrogen and oxygen atoms in total. The van der Waals surface area contributed by atoms with E-state index in [-0.39, 0.29) is 5.03 Å². The second-order valence-electron chi connectivity index (χ2n) is 3.48. The first-order valence-electron chi connectivity index (χ1n) is 5.04. The first-order chi connectivity index (χ1) is 7.06. The highest BCUT2D eigenvalue weighted by Gasteiger charge is 2.15. The summed E-state index contributed by atoms with van der Waals surface area (Å²) in [7, 11) is -1.66. The highest BCUT2D eigenvalue weighted by atomic mass is 32.2. The minimum Gasteiger partial charge on any atom is -0.339 e. The van der Waals surface area contributed by atoms with Crippen LogP contribution < -0.4 is 4.72 Å². The molecule has 6 heteroatoms. The molecule has 15 heavy (non-hydrogen) atoms. The predicted octanol–water partition coefficient (Wildman–Crippen LogP) is 0.889. The third kappa shape index (κ3) is 3.64. The number of hydrogen-bond acceptors (Lipinski definition) is 3. The zero-order valence-electron chi connectivity index (χ0n) is 9.10. The Hall–Kier alpha value is -0.880. The van der Waals surface area contributed by atoms with Crippen molar-refractivity contribution >= 4 is 10.0 Å². The molecular formula is C9H17N3O2S. The van der Waals surface area contributed by atoms with Gasteiger partial charge in [0.05, 0.1) is 6.33 Å². The van der Waals surface area contributed by atoms with Gasteiger partial charge < -0.3 is 4.57 Å². The van der Waals surface area contributed by atoms with Crippen LogP contribution in [0.4, 0.5) is 0 Å². The number of nitrogens with zero attached hydrogens (tertiary/aromatic N) is 2. The van der Waals surface area contributed by atoms with E-state index in [0.29, 0.717) is 6.54 Å². The summed E-state index contributed by atoms with van der Waals surface area (Å²) in [4.78, 5) is 3.80. The summed E-state index contributed by atoms with van der Waals surface area (Å²) in [5.41, 5.74) is 0. The number of aryl methyl sites for hydroxylation is 1. The third-order valence-corrected chi connectivity index (χ3v) is 3.37. The molecule has 86 valence electrons. The molecular weight excluding hydrogens is 214 g/mol. The maximum absolute atomic E-state index is 11.6. The van der Waals surface area contributed by atoms with Crippen molar-refractivity contribution in [2.45, 2.75) is 31.2 Å². The van der Waals surface area contributed by atoms with Gasteiger partial charge in [-0.15, -0.1) is 0 Å². The van der Waals surface area contributed by atoms with Crippen LogP contribution >= 0.6 is 0 Å². The molecule has 1 N–H and O–H groups in total. The SMILES string of the molecule is CCCCCNS(=O)(=O)c1cn(C)cn1. The lowest BCUT2D eigenvalue weighted by molar-refractivity contribution is 0.573. The average Bonchev–Trinajstić information content (AvgIpc) is 2.60. The predicted molar refractivity (Wildman–Crippen MR) is 57.9 cm³/mol. The Kier molecular flexibility index (Phi) is 4.28. The molecule has 0 aliphatic heterocycles. The van der Waals surface area contributed by atoms with Gasteiger partial charge >= 0.3 is 0 Å². The Morgan fingerprint density at radius 2 is 2.20 bits per heavy atom. The summed E-state index contributed by atoms with van der Waals surface area (Å²) in [6.45, 7) is 2.56. The molecule has 0 spiro atoms. The molecule has 0 amide bonds. The zero-order valence-corrected chi connectivity index (χ0v) is 9.92. The molecule has 0 radical (unpaired) electrons. The maximum atomic E-state index is 11.6. The van der Waals surface area contributed by atoms with Crippen molar-refractivity contribution in [2.75, 3.05) is 6.54 Å². The fourth-order valence-corrected chi connectivity index (χ4v) is 2.23. The fourth-order valence-electron chi connectivity index (χ4n) is 1.18. The van der Waals surface area contributed by atoms with Gasteiger partial charge in [-0.05, 0) is 6.42 Å². The van der Waals surface area contributed by atoms with E-state index in [0.717, 1.165) is 19.3 Å². The van der Waals surface area contributed by atoms with E-state index < -0.39 is 10.0 Å². The molecule has 0 aliphatic rings. The van der Waals surface area contributed by atoms with Gasteiger partial charge in [-0.1, -0.05) is 19.8 Å². The van der Waals surface area contributed by atoms with Crippen LogP contribution in [0.1, 0.15) is 26.2 Å². The topological polar surface area (TPSA) is 64.0 Å². The van der Waals surface area contributed by atoms with Crippen LogP contribution in [0.25, 0.3) is 0 Å². The minimum absolute atomic E-state index is 0.0847. The number of sulfonamides is 1. The second kappa shape index (κ2) is 5.27. The molecule has 0 saturated heterocycles. The maximum Gasteiger partial charge on any atom is 0.259 e. The van der Waals surface area contributed by atoms with Gasteiger partial charge in [-0.2, -0.15) is 0 Å². The van der Waals surface area contributed by atoms with E-state index in [4.69, 9.17) is 0 Å². The Morgan fingerprint density at radius 1 is 1.47 bits per heavy atom. The molecule has 0 saturated carbocycles. The van der Waals surface area contributed by atoms with Gasteiger partial charge in [-0.3, -0.25) is 0 Å². The Morgan fingerprint density at radius 3 is 2.73 bits per heavy atom. The number of nitrogens with one attached hydrogen (secondary N) is 1. The lowest BCUT2D eigenvalue weighted by atomic mass is 10.3. The summed E-state index contributed by atoms with van der Waals surface area (Å²) in [6.07, 6.45) is 5.93. The number of rotatable bonds is 6. The van der Waals surface area contributed by atoms with Crippen molar-refractivity contribution in [3.05, 3.63) is 12.5 Å². The van der Waals surface area contributed by atoms with Gasteiger partial charge in [-0.25, -0.2) is 18.1 Å². The van der Waals surface area contributed by atoms with Crippen molar-refractivity contribution in [3.63, 3.8) is 0 Å². The molecule has 1 aromatic rings. The first-order valence-corrected chi connectivity index (χ1v) is 6.52. The van der Waals surface area contributed by atoms with E-state index in [9.17, 15) is 8.42 Å². The van der Waals surface area contributed by atoms with E-state index >= 15 is 0 Å². The Bertz CT molecular complexity index is 397. The van der Waals surface area contributed by atoms with Gasteiger partial charge in [0.2, 0.25) is 0 Å². The molecule has 0 atom stereocenters. The lowest BCUT2D eigenvalue weighted by Gasteiger charge is -2.02. The summed E-state index contributed by atoms with van der Waals surface area (Å²) >= 11 is 0. The Labute approximate surface area is 90.6 Å². The van der Waals surface area contributed by atoms with E-state index in [2.05, 4.69) is 16.6 Å². The molecule has 0 aromatic carbocycles. The molecule has 1 heterocycles. The van der Waals surface area contributed by atoms with E-state index in [1.165, 1.54) is 12.5 Å². The monoisotopic (exact) mass is 231 g/mol. The van der Waals surface area contributed by atoms with Gasteiger partial charge in [0.15, 0.2) is 5.03 Å². The molecule has 1 aromatic heterocycles. The normalized spacial score (nSPS) is 11.9. The summed E-state index contributed by atoms with van der Waals surface area (Å²) in [5, 5.41) is 0.0847. The molecule has 0 fully saturated rings. The standard InChI is InChI=1S/C9H17N3O2S/c1-3-4-5-6-11-15(13,14)9-7-12(2)8-10-9/h7-8,11H,3-6H2,1-2H3. The third-order valence-electron chi connectivity index (χ3n) is 2.03. The second-order valence-corrected chi connectivity index (χ2v) is 5.20. The van der Waals surface area contributed by atoms with Crippen LogP contribution in [0.5, 0.6) is 0 Å². The van der Waals surface area contributed by atoms with Crippen LogP contribution in [0.2, 0.25) is 0 Å². The van der Waals surface area contributed by atoms with Crippen LogP contribution in [-0.4, -0.2) is 24.5 Å². The smallest absolute Gasteiger partial charge is 0.259 e. The zero-order chi connectivity index (χ0) is 11.3. The quantitative estimate of drug-likeness (QED) is 0.739. The number of imidazole rings is 1. The minimum atomic E-state index is -3.40. The molecule has 0 aliphatic carbocycles.